The molecular weight excluding hydrogens is 244 g/mol. The second-order valence-corrected chi connectivity index (χ2v) is 6.60. The SMILES string of the molecule is CN(Cc1ccccc1CCNC1CC1)C1CCCC1. The predicted octanol–water partition coefficient (Wildman–Crippen LogP) is 3.36. The van der Waals surface area contributed by atoms with Crippen LogP contribution in [0.1, 0.15) is 49.7 Å². The minimum atomic E-state index is 0.813. The van der Waals surface area contributed by atoms with Crippen LogP contribution in [0.2, 0.25) is 0 Å². The molecule has 2 saturated carbocycles. The first-order valence-corrected chi connectivity index (χ1v) is 8.33. The number of nitrogens with one attached hydrogen (secondary N) is 1. The minimum Gasteiger partial charge on any atom is -0.314 e. The lowest BCUT2D eigenvalue weighted by atomic mass is 10.0. The van der Waals surface area contributed by atoms with Crippen molar-refractivity contribution in [3.05, 3.63) is 35.4 Å². The highest BCUT2D eigenvalue weighted by Gasteiger charge is 2.21. The molecule has 110 valence electrons. The van der Waals surface area contributed by atoms with Gasteiger partial charge in [0.1, 0.15) is 0 Å². The van der Waals surface area contributed by atoms with Gasteiger partial charge >= 0.3 is 0 Å². The van der Waals surface area contributed by atoms with E-state index < -0.39 is 0 Å². The normalized spacial score (nSPS) is 19.9. The Kier molecular flexibility index (Phi) is 4.74. The van der Waals surface area contributed by atoms with E-state index in [2.05, 4.69) is 41.5 Å². The number of rotatable bonds is 7. The summed E-state index contributed by atoms with van der Waals surface area (Å²) in [5.41, 5.74) is 3.06. The van der Waals surface area contributed by atoms with Gasteiger partial charge in [-0.05, 0) is 56.8 Å². The molecule has 0 saturated heterocycles. The van der Waals surface area contributed by atoms with Gasteiger partial charge in [-0.25, -0.2) is 0 Å². The molecule has 20 heavy (non-hydrogen) atoms. The lowest BCUT2D eigenvalue weighted by Crippen LogP contribution is -2.29. The maximum Gasteiger partial charge on any atom is 0.0236 e. The summed E-state index contributed by atoms with van der Waals surface area (Å²) in [4.78, 5) is 2.57. The second kappa shape index (κ2) is 6.73. The quantitative estimate of drug-likeness (QED) is 0.819. The molecule has 0 radical (unpaired) electrons. The van der Waals surface area contributed by atoms with Crippen LogP contribution in [-0.4, -0.2) is 30.6 Å². The summed E-state index contributed by atoms with van der Waals surface area (Å²) in [5.74, 6) is 0. The summed E-state index contributed by atoms with van der Waals surface area (Å²) in [6, 6.07) is 10.6. The van der Waals surface area contributed by atoms with Gasteiger partial charge in [-0.2, -0.15) is 0 Å². The van der Waals surface area contributed by atoms with Gasteiger partial charge in [-0.3, -0.25) is 4.90 Å². The van der Waals surface area contributed by atoms with Crippen LogP contribution < -0.4 is 5.32 Å². The van der Waals surface area contributed by atoms with E-state index >= 15 is 0 Å². The summed E-state index contributed by atoms with van der Waals surface area (Å²) in [7, 11) is 2.30. The molecule has 1 N–H and O–H groups in total. The fourth-order valence-corrected chi connectivity index (χ4v) is 3.40. The Morgan fingerprint density at radius 3 is 2.45 bits per heavy atom. The standard InChI is InChI=1S/C18H28N2/c1-20(18-8-4-5-9-18)14-16-7-3-2-6-15(16)12-13-19-17-10-11-17/h2-3,6-7,17-19H,4-5,8-14H2,1H3. The summed E-state index contributed by atoms with van der Waals surface area (Å²) in [5, 5.41) is 3.63. The zero-order chi connectivity index (χ0) is 13.8. The zero-order valence-corrected chi connectivity index (χ0v) is 12.8. The maximum absolute atomic E-state index is 3.63. The molecule has 1 aromatic rings. The highest BCUT2D eigenvalue weighted by Crippen LogP contribution is 2.24. The molecule has 0 bridgehead atoms. The molecular formula is C18H28N2. The highest BCUT2D eigenvalue weighted by atomic mass is 15.1. The van der Waals surface area contributed by atoms with E-state index in [1.807, 2.05) is 0 Å². The number of hydrogen-bond acceptors (Lipinski definition) is 2. The van der Waals surface area contributed by atoms with E-state index in [0.29, 0.717) is 0 Å². The van der Waals surface area contributed by atoms with Crippen LogP contribution in [0.3, 0.4) is 0 Å². The van der Waals surface area contributed by atoms with E-state index in [4.69, 9.17) is 0 Å². The van der Waals surface area contributed by atoms with Gasteiger partial charge < -0.3 is 5.32 Å². The Balaban J connectivity index is 1.56. The zero-order valence-electron chi connectivity index (χ0n) is 12.8. The third kappa shape index (κ3) is 3.83. The molecule has 1 aromatic carbocycles. The second-order valence-electron chi connectivity index (χ2n) is 6.60. The molecule has 0 heterocycles. The van der Waals surface area contributed by atoms with Crippen molar-refractivity contribution < 1.29 is 0 Å². The lowest BCUT2D eigenvalue weighted by molar-refractivity contribution is 0.237. The van der Waals surface area contributed by atoms with Gasteiger partial charge in [0.25, 0.3) is 0 Å². The molecule has 2 nitrogen and oxygen atoms in total. The van der Waals surface area contributed by atoms with E-state index in [1.165, 1.54) is 56.1 Å². The Hall–Kier alpha value is -0.860. The van der Waals surface area contributed by atoms with Gasteiger partial charge in [0, 0.05) is 18.6 Å². The van der Waals surface area contributed by atoms with Crippen LogP contribution in [0.5, 0.6) is 0 Å². The maximum atomic E-state index is 3.63. The van der Waals surface area contributed by atoms with Crippen LogP contribution in [-0.2, 0) is 13.0 Å². The molecule has 3 rings (SSSR count). The fraction of sp³-hybridized carbons (Fsp3) is 0.667. The summed E-state index contributed by atoms with van der Waals surface area (Å²) in [6.45, 7) is 2.25. The van der Waals surface area contributed by atoms with Gasteiger partial charge in [0.2, 0.25) is 0 Å². The third-order valence-corrected chi connectivity index (χ3v) is 4.89. The van der Waals surface area contributed by atoms with E-state index in [0.717, 1.165) is 25.2 Å². The third-order valence-electron chi connectivity index (χ3n) is 4.89. The molecule has 0 spiro atoms. The van der Waals surface area contributed by atoms with Crippen molar-refractivity contribution in [3.8, 4) is 0 Å². The number of benzene rings is 1. The van der Waals surface area contributed by atoms with Crippen molar-refractivity contribution in [3.63, 3.8) is 0 Å². The summed E-state index contributed by atoms with van der Waals surface area (Å²) >= 11 is 0. The average molecular weight is 272 g/mol. The smallest absolute Gasteiger partial charge is 0.0236 e. The van der Waals surface area contributed by atoms with Gasteiger partial charge in [-0.15, -0.1) is 0 Å². The topological polar surface area (TPSA) is 15.3 Å². The molecule has 2 heteroatoms. The van der Waals surface area contributed by atoms with Crippen molar-refractivity contribution in [1.82, 2.24) is 10.2 Å². The molecule has 0 aromatic heterocycles. The monoisotopic (exact) mass is 272 g/mol. The van der Waals surface area contributed by atoms with Gasteiger partial charge in [0.05, 0.1) is 0 Å². The molecule has 2 fully saturated rings. The molecule has 0 aliphatic heterocycles. The van der Waals surface area contributed by atoms with Crippen LogP contribution in [0.4, 0.5) is 0 Å². The van der Waals surface area contributed by atoms with E-state index in [9.17, 15) is 0 Å². The van der Waals surface area contributed by atoms with Crippen molar-refractivity contribution in [2.45, 2.75) is 63.6 Å². The van der Waals surface area contributed by atoms with Crippen LogP contribution in [0.15, 0.2) is 24.3 Å². The highest BCUT2D eigenvalue weighted by molar-refractivity contribution is 5.27. The first kappa shape index (κ1) is 14.1. The van der Waals surface area contributed by atoms with Crippen molar-refractivity contribution in [1.29, 1.82) is 0 Å². The molecule has 0 unspecified atom stereocenters. The first-order chi connectivity index (χ1) is 9.83. The van der Waals surface area contributed by atoms with Crippen molar-refractivity contribution in [2.24, 2.45) is 0 Å². The number of nitrogens with zero attached hydrogens (tertiary/aromatic N) is 1. The van der Waals surface area contributed by atoms with E-state index in [-0.39, 0.29) is 0 Å². The van der Waals surface area contributed by atoms with Gasteiger partial charge in [0.15, 0.2) is 0 Å². The Bertz CT molecular complexity index is 419. The van der Waals surface area contributed by atoms with Crippen molar-refractivity contribution >= 4 is 0 Å². The van der Waals surface area contributed by atoms with Crippen LogP contribution >= 0.6 is 0 Å². The first-order valence-electron chi connectivity index (χ1n) is 8.33. The van der Waals surface area contributed by atoms with E-state index in [1.54, 1.807) is 0 Å². The fourth-order valence-electron chi connectivity index (χ4n) is 3.40. The summed E-state index contributed by atoms with van der Waals surface area (Å²) < 4.78 is 0. The molecule has 2 aliphatic carbocycles. The minimum absolute atomic E-state index is 0.813. The largest absolute Gasteiger partial charge is 0.314 e. The predicted molar refractivity (Wildman–Crippen MR) is 84.9 cm³/mol. The Morgan fingerprint density at radius 1 is 1.05 bits per heavy atom. The average Bonchev–Trinajstić information content (AvgIpc) is 3.11. The Morgan fingerprint density at radius 2 is 1.75 bits per heavy atom. The van der Waals surface area contributed by atoms with Crippen LogP contribution in [0, 0.1) is 0 Å². The number of hydrogen-bond donors (Lipinski definition) is 1. The summed E-state index contributed by atoms with van der Waals surface area (Å²) in [6.07, 6.45) is 9.55. The molecule has 2 aliphatic rings. The molecule has 0 amide bonds. The van der Waals surface area contributed by atoms with Gasteiger partial charge in [-0.1, -0.05) is 37.1 Å². The van der Waals surface area contributed by atoms with Crippen LogP contribution in [0.25, 0.3) is 0 Å². The lowest BCUT2D eigenvalue weighted by Gasteiger charge is -2.25. The Labute approximate surface area is 123 Å². The molecule has 0 atom stereocenters. The van der Waals surface area contributed by atoms with Crippen molar-refractivity contribution in [2.75, 3.05) is 13.6 Å².